The van der Waals surface area contributed by atoms with Gasteiger partial charge < -0.3 is 15.5 Å². The molecule has 0 spiro atoms. The van der Waals surface area contributed by atoms with E-state index in [0.717, 1.165) is 13.0 Å². The largest absolute Gasteiger partial charge is 0.354 e. The van der Waals surface area contributed by atoms with E-state index >= 15 is 0 Å². The SMILES string of the molecule is CCCCCCC(C)Nc1nc(NCC)nc(N(C)C)n1. The van der Waals surface area contributed by atoms with Crippen molar-refractivity contribution in [3.63, 3.8) is 0 Å². The fourth-order valence-corrected chi connectivity index (χ4v) is 2.04. The van der Waals surface area contributed by atoms with Crippen molar-refractivity contribution in [1.82, 2.24) is 15.0 Å². The van der Waals surface area contributed by atoms with Gasteiger partial charge in [0.2, 0.25) is 17.8 Å². The number of anilines is 3. The maximum Gasteiger partial charge on any atom is 0.231 e. The Bertz CT molecular complexity index is 407. The summed E-state index contributed by atoms with van der Waals surface area (Å²) in [5, 5.41) is 6.53. The molecule has 1 aromatic rings. The summed E-state index contributed by atoms with van der Waals surface area (Å²) in [6, 6.07) is 0.369. The number of unbranched alkanes of at least 4 members (excludes halogenated alkanes) is 3. The molecule has 1 atom stereocenters. The Morgan fingerprint density at radius 2 is 1.71 bits per heavy atom. The van der Waals surface area contributed by atoms with Crippen molar-refractivity contribution in [2.24, 2.45) is 0 Å². The molecule has 6 nitrogen and oxygen atoms in total. The van der Waals surface area contributed by atoms with E-state index in [-0.39, 0.29) is 0 Å². The lowest BCUT2D eigenvalue weighted by Crippen LogP contribution is -2.21. The lowest BCUT2D eigenvalue weighted by atomic mass is 10.1. The van der Waals surface area contributed by atoms with Gasteiger partial charge in [-0.15, -0.1) is 0 Å². The summed E-state index contributed by atoms with van der Waals surface area (Å²) in [6.45, 7) is 7.24. The molecule has 0 radical (unpaired) electrons. The highest BCUT2D eigenvalue weighted by Crippen LogP contribution is 2.14. The highest BCUT2D eigenvalue weighted by molar-refractivity contribution is 5.43. The van der Waals surface area contributed by atoms with Crippen LogP contribution >= 0.6 is 0 Å². The van der Waals surface area contributed by atoms with Gasteiger partial charge in [0.1, 0.15) is 0 Å². The second kappa shape index (κ2) is 9.37. The molecule has 0 aliphatic rings. The van der Waals surface area contributed by atoms with Crippen molar-refractivity contribution in [1.29, 1.82) is 0 Å². The fraction of sp³-hybridized carbons (Fsp3) is 0.800. The van der Waals surface area contributed by atoms with E-state index in [4.69, 9.17) is 0 Å². The molecule has 0 aliphatic carbocycles. The molecule has 1 rings (SSSR count). The second-order valence-electron chi connectivity index (χ2n) is 5.60. The molecule has 1 heterocycles. The van der Waals surface area contributed by atoms with Gasteiger partial charge in [0.05, 0.1) is 0 Å². The van der Waals surface area contributed by atoms with Gasteiger partial charge in [-0.25, -0.2) is 0 Å². The third-order valence-electron chi connectivity index (χ3n) is 3.22. The van der Waals surface area contributed by atoms with Crippen LogP contribution in [-0.4, -0.2) is 41.6 Å². The first-order chi connectivity index (χ1) is 10.1. The van der Waals surface area contributed by atoms with Crippen LogP contribution < -0.4 is 15.5 Å². The van der Waals surface area contributed by atoms with Crippen LogP contribution in [0.15, 0.2) is 0 Å². The minimum Gasteiger partial charge on any atom is -0.354 e. The Morgan fingerprint density at radius 1 is 1.00 bits per heavy atom. The predicted octanol–water partition coefficient (Wildman–Crippen LogP) is 3.14. The molecule has 120 valence electrons. The van der Waals surface area contributed by atoms with E-state index in [9.17, 15) is 0 Å². The second-order valence-corrected chi connectivity index (χ2v) is 5.60. The number of hydrogen-bond acceptors (Lipinski definition) is 6. The van der Waals surface area contributed by atoms with Crippen LogP contribution in [0.3, 0.4) is 0 Å². The molecule has 0 saturated carbocycles. The zero-order valence-electron chi connectivity index (χ0n) is 14.1. The van der Waals surface area contributed by atoms with E-state index < -0.39 is 0 Å². The maximum atomic E-state index is 4.45. The fourth-order valence-electron chi connectivity index (χ4n) is 2.04. The summed E-state index contributed by atoms with van der Waals surface area (Å²) < 4.78 is 0. The molecule has 6 heteroatoms. The predicted molar refractivity (Wildman–Crippen MR) is 90.2 cm³/mol. The average Bonchev–Trinajstić information content (AvgIpc) is 2.43. The van der Waals surface area contributed by atoms with Crippen molar-refractivity contribution >= 4 is 17.8 Å². The Balaban J connectivity index is 2.63. The Kier molecular flexibility index (Phi) is 7.79. The minimum atomic E-state index is 0.369. The molecule has 2 N–H and O–H groups in total. The molecule has 0 aliphatic heterocycles. The first-order valence-electron chi connectivity index (χ1n) is 8.00. The van der Waals surface area contributed by atoms with Crippen molar-refractivity contribution < 1.29 is 0 Å². The number of nitrogens with zero attached hydrogens (tertiary/aromatic N) is 4. The molecular formula is C15H30N6. The molecule has 0 aromatic carbocycles. The van der Waals surface area contributed by atoms with Gasteiger partial charge in [0.25, 0.3) is 0 Å². The zero-order chi connectivity index (χ0) is 15.7. The van der Waals surface area contributed by atoms with Gasteiger partial charge in [-0.1, -0.05) is 32.6 Å². The zero-order valence-corrected chi connectivity index (χ0v) is 14.1. The summed E-state index contributed by atoms with van der Waals surface area (Å²) in [5.74, 6) is 1.94. The van der Waals surface area contributed by atoms with Gasteiger partial charge in [-0.05, 0) is 20.3 Å². The first-order valence-corrected chi connectivity index (χ1v) is 8.00. The molecule has 0 bridgehead atoms. The van der Waals surface area contributed by atoms with Crippen molar-refractivity contribution in [3.05, 3.63) is 0 Å². The molecular weight excluding hydrogens is 264 g/mol. The van der Waals surface area contributed by atoms with Crippen LogP contribution in [0, 0.1) is 0 Å². The van der Waals surface area contributed by atoms with Crippen molar-refractivity contribution in [2.45, 2.75) is 58.9 Å². The van der Waals surface area contributed by atoms with E-state index in [1.807, 2.05) is 25.9 Å². The van der Waals surface area contributed by atoms with E-state index in [1.54, 1.807) is 0 Å². The lowest BCUT2D eigenvalue weighted by Gasteiger charge is -2.17. The third kappa shape index (κ3) is 6.60. The summed E-state index contributed by atoms with van der Waals surface area (Å²) in [7, 11) is 3.87. The van der Waals surface area contributed by atoms with Crippen LogP contribution in [-0.2, 0) is 0 Å². The quantitative estimate of drug-likeness (QED) is 0.646. The van der Waals surface area contributed by atoms with E-state index in [0.29, 0.717) is 23.9 Å². The highest BCUT2D eigenvalue weighted by atomic mass is 15.3. The van der Waals surface area contributed by atoms with Gasteiger partial charge in [-0.2, -0.15) is 15.0 Å². The summed E-state index contributed by atoms with van der Waals surface area (Å²) >= 11 is 0. The Hall–Kier alpha value is -1.59. The molecule has 0 fully saturated rings. The topological polar surface area (TPSA) is 66.0 Å². The number of rotatable bonds is 10. The molecule has 1 aromatic heterocycles. The highest BCUT2D eigenvalue weighted by Gasteiger charge is 2.10. The van der Waals surface area contributed by atoms with E-state index in [2.05, 4.69) is 39.4 Å². The van der Waals surface area contributed by atoms with Crippen LogP contribution in [0.4, 0.5) is 17.8 Å². The number of hydrogen-bond donors (Lipinski definition) is 2. The Morgan fingerprint density at radius 3 is 2.33 bits per heavy atom. The van der Waals surface area contributed by atoms with Crippen molar-refractivity contribution in [3.8, 4) is 0 Å². The van der Waals surface area contributed by atoms with Gasteiger partial charge in [0.15, 0.2) is 0 Å². The number of aromatic nitrogens is 3. The smallest absolute Gasteiger partial charge is 0.231 e. The first kappa shape index (κ1) is 17.5. The molecule has 0 saturated heterocycles. The minimum absolute atomic E-state index is 0.369. The van der Waals surface area contributed by atoms with Gasteiger partial charge in [-0.3, -0.25) is 0 Å². The van der Waals surface area contributed by atoms with Gasteiger partial charge >= 0.3 is 0 Å². The third-order valence-corrected chi connectivity index (χ3v) is 3.22. The van der Waals surface area contributed by atoms with Crippen LogP contribution in [0.25, 0.3) is 0 Å². The molecule has 21 heavy (non-hydrogen) atoms. The average molecular weight is 294 g/mol. The van der Waals surface area contributed by atoms with Crippen LogP contribution in [0.1, 0.15) is 52.9 Å². The summed E-state index contributed by atoms with van der Waals surface area (Å²) in [5.41, 5.74) is 0. The van der Waals surface area contributed by atoms with E-state index in [1.165, 1.54) is 25.7 Å². The van der Waals surface area contributed by atoms with Gasteiger partial charge in [0, 0.05) is 26.7 Å². The van der Waals surface area contributed by atoms with Crippen LogP contribution in [0.2, 0.25) is 0 Å². The Labute approximate surface area is 128 Å². The monoisotopic (exact) mass is 294 g/mol. The normalized spacial score (nSPS) is 12.0. The van der Waals surface area contributed by atoms with Crippen molar-refractivity contribution in [2.75, 3.05) is 36.2 Å². The standard InChI is InChI=1S/C15H30N6/c1-6-8-9-10-11-12(3)17-14-18-13(16-7-2)19-15(20-14)21(4)5/h12H,6-11H2,1-5H3,(H2,16,17,18,19,20). The van der Waals surface area contributed by atoms with Crippen LogP contribution in [0.5, 0.6) is 0 Å². The summed E-state index contributed by atoms with van der Waals surface area (Å²) in [4.78, 5) is 15.1. The molecule has 1 unspecified atom stereocenters. The molecule has 0 amide bonds. The maximum absolute atomic E-state index is 4.45. The summed E-state index contributed by atoms with van der Waals surface area (Å²) in [6.07, 6.45) is 6.26. The number of nitrogens with one attached hydrogen (secondary N) is 2. The lowest BCUT2D eigenvalue weighted by molar-refractivity contribution is 0.591.